The molecule has 0 atom stereocenters. The van der Waals surface area contributed by atoms with Crippen LogP contribution in [0.25, 0.3) is 11.0 Å². The Morgan fingerprint density at radius 3 is 2.54 bits per heavy atom. The van der Waals surface area contributed by atoms with E-state index < -0.39 is 5.97 Å². The monoisotopic (exact) mass is 336 g/mol. The van der Waals surface area contributed by atoms with Gasteiger partial charge in [-0.25, -0.2) is 4.98 Å². The van der Waals surface area contributed by atoms with Gasteiger partial charge in [-0.2, -0.15) is 5.10 Å². The van der Waals surface area contributed by atoms with Crippen LogP contribution < -0.4 is 5.32 Å². The lowest BCUT2D eigenvalue weighted by atomic mass is 10.2. The lowest BCUT2D eigenvalue weighted by Gasteiger charge is -2.03. The van der Waals surface area contributed by atoms with E-state index in [4.69, 9.17) is 5.11 Å². The molecule has 7 heteroatoms. The summed E-state index contributed by atoms with van der Waals surface area (Å²) in [6, 6.07) is 3.54. The lowest BCUT2D eigenvalue weighted by Crippen LogP contribution is -2.25. The predicted molar refractivity (Wildman–Crippen MR) is 95.0 cm³/mol. The summed E-state index contributed by atoms with van der Waals surface area (Å²) in [6.45, 7) is 8.51. The van der Waals surface area contributed by atoms with Crippen molar-refractivity contribution in [1.29, 1.82) is 0 Å². The topological polar surface area (TPSA) is 108 Å². The van der Waals surface area contributed by atoms with E-state index in [-0.39, 0.29) is 12.3 Å². The minimum absolute atomic E-state index is 0.171. The molecule has 24 heavy (non-hydrogen) atoms. The van der Waals surface area contributed by atoms with E-state index in [2.05, 4.69) is 20.5 Å². The van der Waals surface area contributed by atoms with Crippen molar-refractivity contribution in [3.05, 3.63) is 24.0 Å². The molecule has 0 aliphatic carbocycles. The maximum Gasteiger partial charge on any atom is 0.303 e. The van der Waals surface area contributed by atoms with Crippen LogP contribution in [0.5, 0.6) is 0 Å². The first-order chi connectivity index (χ1) is 11.7. The molecule has 0 saturated heterocycles. The number of unbranched alkanes of at least 4 members (excludes halogenated alkanes) is 2. The van der Waals surface area contributed by atoms with Crippen LogP contribution in [0.2, 0.25) is 0 Å². The molecule has 3 N–H and O–H groups in total. The summed E-state index contributed by atoms with van der Waals surface area (Å²) in [4.78, 5) is 26.3. The number of carboxylic acid groups (broad SMARTS) is 1. The Kier molecular flexibility index (Phi) is 11.7. The van der Waals surface area contributed by atoms with E-state index in [1.54, 1.807) is 18.3 Å². The molecule has 0 saturated carbocycles. The van der Waals surface area contributed by atoms with Crippen molar-refractivity contribution in [2.75, 3.05) is 6.54 Å². The average Bonchev–Trinajstić information content (AvgIpc) is 3.05. The molecule has 2 heterocycles. The van der Waals surface area contributed by atoms with E-state index >= 15 is 0 Å². The third-order valence-electron chi connectivity index (χ3n) is 2.91. The van der Waals surface area contributed by atoms with Crippen molar-refractivity contribution >= 4 is 22.9 Å². The minimum Gasteiger partial charge on any atom is -0.481 e. The first kappa shape index (κ1) is 21.6. The van der Waals surface area contributed by atoms with Gasteiger partial charge in [0, 0.05) is 19.2 Å². The van der Waals surface area contributed by atoms with Crippen LogP contribution in [0.1, 0.15) is 63.9 Å². The van der Waals surface area contributed by atoms with Crippen LogP contribution in [-0.2, 0) is 4.79 Å². The van der Waals surface area contributed by atoms with Gasteiger partial charge in [-0.1, -0.05) is 34.1 Å². The zero-order valence-corrected chi connectivity index (χ0v) is 14.9. The maximum absolute atomic E-state index is 12.0. The summed E-state index contributed by atoms with van der Waals surface area (Å²) >= 11 is 0. The number of nitrogens with one attached hydrogen (secondary N) is 2. The lowest BCUT2D eigenvalue weighted by molar-refractivity contribution is -0.137. The largest absolute Gasteiger partial charge is 0.481 e. The van der Waals surface area contributed by atoms with Gasteiger partial charge in [0.2, 0.25) is 0 Å². The van der Waals surface area contributed by atoms with Crippen LogP contribution in [0.3, 0.4) is 0 Å². The second-order valence-electron chi connectivity index (χ2n) is 4.43. The number of fused-ring (bicyclic) bond motifs is 1. The first-order valence-corrected chi connectivity index (χ1v) is 8.47. The Morgan fingerprint density at radius 2 is 1.88 bits per heavy atom. The van der Waals surface area contributed by atoms with Crippen LogP contribution in [0.15, 0.2) is 18.3 Å². The molecule has 2 aromatic heterocycles. The highest BCUT2D eigenvalue weighted by molar-refractivity contribution is 6.03. The van der Waals surface area contributed by atoms with Crippen LogP contribution in [0, 0.1) is 0 Å². The van der Waals surface area contributed by atoms with Crippen molar-refractivity contribution in [3.63, 3.8) is 0 Å². The van der Waals surface area contributed by atoms with E-state index in [0.29, 0.717) is 29.7 Å². The van der Waals surface area contributed by atoms with E-state index in [0.717, 1.165) is 12.8 Å². The summed E-state index contributed by atoms with van der Waals surface area (Å²) < 4.78 is 0. The van der Waals surface area contributed by atoms with Gasteiger partial charge >= 0.3 is 5.97 Å². The molecule has 0 radical (unpaired) electrons. The molecule has 7 nitrogen and oxygen atoms in total. The number of amides is 1. The summed E-state index contributed by atoms with van der Waals surface area (Å²) in [6.07, 6.45) is 3.95. The summed E-state index contributed by atoms with van der Waals surface area (Å²) in [5, 5.41) is 18.6. The van der Waals surface area contributed by atoms with Gasteiger partial charge in [-0.15, -0.1) is 0 Å². The molecule has 0 spiro atoms. The molecule has 0 bridgehead atoms. The number of hydrogen-bond donors (Lipinski definition) is 3. The number of carbonyl (C=O) groups excluding carboxylic acids is 1. The second kappa shape index (κ2) is 13.0. The molecule has 0 unspecified atom stereocenters. The third kappa shape index (κ3) is 7.21. The highest BCUT2D eigenvalue weighted by Gasteiger charge is 2.12. The number of carboxylic acids is 1. The molecule has 0 aromatic carbocycles. The molecule has 2 rings (SSSR count). The second-order valence-corrected chi connectivity index (χ2v) is 4.43. The predicted octanol–water partition coefficient (Wildman–Crippen LogP) is 3.39. The van der Waals surface area contributed by atoms with Gasteiger partial charge in [0.05, 0.1) is 5.39 Å². The number of aliphatic carboxylic acids is 1. The smallest absolute Gasteiger partial charge is 0.303 e. The summed E-state index contributed by atoms with van der Waals surface area (Å²) in [7, 11) is 0. The quantitative estimate of drug-likeness (QED) is 0.672. The van der Waals surface area contributed by atoms with Crippen molar-refractivity contribution in [2.45, 2.75) is 53.4 Å². The van der Waals surface area contributed by atoms with Crippen LogP contribution in [-0.4, -0.2) is 38.7 Å². The van der Waals surface area contributed by atoms with Crippen molar-refractivity contribution in [1.82, 2.24) is 20.5 Å². The van der Waals surface area contributed by atoms with Gasteiger partial charge in [0.15, 0.2) is 5.65 Å². The highest BCUT2D eigenvalue weighted by Crippen LogP contribution is 2.12. The maximum atomic E-state index is 12.0. The number of pyridine rings is 1. The van der Waals surface area contributed by atoms with Crippen molar-refractivity contribution in [3.8, 4) is 0 Å². The van der Waals surface area contributed by atoms with Gasteiger partial charge in [-0.3, -0.25) is 14.7 Å². The standard InChI is InChI=1S/C13H16N4O3.2C2H6/c18-10(19)6-2-1-3-7-15-13(20)11-9-5-4-8-14-12(9)17-16-11;2*1-2/h4-5,8H,1-3,6-7H2,(H,15,20)(H,18,19)(H,14,16,17);2*1-2H3. The average molecular weight is 336 g/mol. The molecular formula is C17H28N4O3. The third-order valence-corrected chi connectivity index (χ3v) is 2.91. The minimum atomic E-state index is -0.787. The zero-order chi connectivity index (χ0) is 18.4. The van der Waals surface area contributed by atoms with Crippen LogP contribution in [0.4, 0.5) is 0 Å². The summed E-state index contributed by atoms with van der Waals surface area (Å²) in [5.41, 5.74) is 0.915. The molecule has 2 aromatic rings. The Balaban J connectivity index is 0.00000123. The number of H-pyrrole nitrogens is 1. The van der Waals surface area contributed by atoms with Crippen molar-refractivity contribution in [2.24, 2.45) is 0 Å². The number of rotatable bonds is 7. The summed E-state index contributed by atoms with van der Waals surface area (Å²) in [5.74, 6) is -1.01. The fraction of sp³-hybridized carbons (Fsp3) is 0.529. The Morgan fingerprint density at radius 1 is 1.17 bits per heavy atom. The fourth-order valence-corrected chi connectivity index (χ4v) is 1.89. The molecule has 0 aliphatic rings. The van der Waals surface area contributed by atoms with Gasteiger partial charge in [-0.05, 0) is 25.0 Å². The van der Waals surface area contributed by atoms with E-state index in [9.17, 15) is 9.59 Å². The Hall–Kier alpha value is -2.44. The van der Waals surface area contributed by atoms with E-state index in [1.807, 2.05) is 27.7 Å². The molecule has 0 aliphatic heterocycles. The zero-order valence-electron chi connectivity index (χ0n) is 14.9. The first-order valence-electron chi connectivity index (χ1n) is 8.47. The Labute approximate surface area is 142 Å². The SMILES string of the molecule is CC.CC.O=C(O)CCCCCNC(=O)c1[nH]nc2ncccc12. The number of carbonyl (C=O) groups is 2. The van der Waals surface area contributed by atoms with E-state index in [1.165, 1.54) is 0 Å². The number of aromatic nitrogens is 3. The van der Waals surface area contributed by atoms with Gasteiger partial charge < -0.3 is 10.4 Å². The number of aromatic amines is 1. The molecule has 1 amide bonds. The number of nitrogens with zero attached hydrogens (tertiary/aromatic N) is 2. The van der Waals surface area contributed by atoms with Crippen molar-refractivity contribution < 1.29 is 14.7 Å². The number of hydrogen-bond acceptors (Lipinski definition) is 4. The Bertz CT molecular complexity index is 611. The normalized spacial score (nSPS) is 9.33. The van der Waals surface area contributed by atoms with Gasteiger partial charge in [0.1, 0.15) is 5.69 Å². The highest BCUT2D eigenvalue weighted by atomic mass is 16.4. The van der Waals surface area contributed by atoms with Gasteiger partial charge in [0.25, 0.3) is 5.91 Å². The fourth-order valence-electron chi connectivity index (χ4n) is 1.89. The molecule has 134 valence electrons. The molecular weight excluding hydrogens is 308 g/mol. The molecule has 0 fully saturated rings. The van der Waals surface area contributed by atoms with Crippen LogP contribution >= 0.6 is 0 Å².